The molecule has 0 amide bonds. The number of halogens is 1. The molecule has 2 aliphatic heterocycles. The van der Waals surface area contributed by atoms with Crippen LogP contribution in [0.3, 0.4) is 0 Å². The number of piperidine rings is 1. The molecule has 2 saturated heterocycles. The molecular formula is C20H33IN4O2S. The summed E-state index contributed by atoms with van der Waals surface area (Å²) in [6, 6.07) is 8.73. The lowest BCUT2D eigenvalue weighted by molar-refractivity contribution is 0.271. The molecule has 0 radical (unpaired) electrons. The van der Waals surface area contributed by atoms with Crippen LogP contribution in [0, 0.1) is 11.3 Å². The molecule has 28 heavy (non-hydrogen) atoms. The van der Waals surface area contributed by atoms with Gasteiger partial charge in [0, 0.05) is 39.8 Å². The van der Waals surface area contributed by atoms with Crippen LogP contribution in [0.5, 0.6) is 0 Å². The van der Waals surface area contributed by atoms with Crippen molar-refractivity contribution in [2.24, 2.45) is 16.3 Å². The van der Waals surface area contributed by atoms with Gasteiger partial charge in [-0.15, -0.1) is 24.0 Å². The number of sulfonamides is 1. The molecule has 2 heterocycles. The lowest BCUT2D eigenvalue weighted by Crippen LogP contribution is -2.45. The number of hydrogen-bond donors (Lipinski definition) is 1. The molecule has 8 heteroatoms. The van der Waals surface area contributed by atoms with Crippen molar-refractivity contribution in [1.82, 2.24) is 14.5 Å². The van der Waals surface area contributed by atoms with Gasteiger partial charge in [0.05, 0.1) is 4.90 Å². The molecule has 3 rings (SSSR count). The molecule has 0 aromatic heterocycles. The van der Waals surface area contributed by atoms with Crippen LogP contribution in [0.1, 0.15) is 33.1 Å². The number of benzene rings is 1. The predicted octanol–water partition coefficient (Wildman–Crippen LogP) is 3.01. The summed E-state index contributed by atoms with van der Waals surface area (Å²) in [7, 11) is -1.53. The number of guanidine groups is 1. The Morgan fingerprint density at radius 3 is 2.36 bits per heavy atom. The highest BCUT2D eigenvalue weighted by molar-refractivity contribution is 14.0. The first-order valence-corrected chi connectivity index (χ1v) is 11.3. The zero-order valence-electron chi connectivity index (χ0n) is 17.1. The number of nitrogens with zero attached hydrogens (tertiary/aromatic N) is 3. The van der Waals surface area contributed by atoms with E-state index in [2.05, 4.69) is 29.1 Å². The third-order valence-corrected chi connectivity index (χ3v) is 7.60. The van der Waals surface area contributed by atoms with Crippen molar-refractivity contribution < 1.29 is 8.42 Å². The van der Waals surface area contributed by atoms with Gasteiger partial charge in [0.1, 0.15) is 0 Å². The molecule has 0 saturated carbocycles. The summed E-state index contributed by atoms with van der Waals surface area (Å²) in [5, 5.41) is 3.51. The first-order chi connectivity index (χ1) is 12.8. The van der Waals surface area contributed by atoms with E-state index < -0.39 is 10.0 Å². The maximum atomic E-state index is 12.7. The van der Waals surface area contributed by atoms with Crippen molar-refractivity contribution >= 4 is 40.0 Å². The summed E-state index contributed by atoms with van der Waals surface area (Å²) < 4.78 is 27.1. The minimum Gasteiger partial charge on any atom is -0.356 e. The summed E-state index contributed by atoms with van der Waals surface area (Å²) in [4.78, 5) is 7.16. The second kappa shape index (κ2) is 9.75. The van der Waals surface area contributed by atoms with Gasteiger partial charge >= 0.3 is 0 Å². The third-order valence-electron chi connectivity index (χ3n) is 5.69. The molecule has 0 bridgehead atoms. The Kier molecular flexibility index (Phi) is 8.16. The van der Waals surface area contributed by atoms with Gasteiger partial charge < -0.3 is 10.2 Å². The van der Waals surface area contributed by atoms with Gasteiger partial charge in [-0.25, -0.2) is 8.42 Å². The molecule has 0 spiro atoms. The van der Waals surface area contributed by atoms with Gasteiger partial charge in [-0.3, -0.25) is 4.99 Å². The molecule has 0 aliphatic carbocycles. The zero-order chi connectivity index (χ0) is 19.5. The van der Waals surface area contributed by atoms with E-state index in [1.165, 1.54) is 6.42 Å². The largest absolute Gasteiger partial charge is 0.356 e. The summed E-state index contributed by atoms with van der Waals surface area (Å²) in [5.41, 5.74) is 0.342. The fourth-order valence-electron chi connectivity index (χ4n) is 3.96. The Balaban J connectivity index is 0.00000280. The number of rotatable bonds is 4. The van der Waals surface area contributed by atoms with E-state index in [1.807, 2.05) is 13.1 Å². The van der Waals surface area contributed by atoms with E-state index in [-0.39, 0.29) is 24.0 Å². The predicted molar refractivity (Wildman–Crippen MR) is 125 cm³/mol. The topological polar surface area (TPSA) is 65.0 Å². The van der Waals surface area contributed by atoms with E-state index in [0.717, 1.165) is 38.4 Å². The summed E-state index contributed by atoms with van der Waals surface area (Å²) in [6.45, 7) is 8.67. The van der Waals surface area contributed by atoms with Crippen molar-refractivity contribution in [2.75, 3.05) is 39.8 Å². The van der Waals surface area contributed by atoms with Crippen LogP contribution in [0.15, 0.2) is 40.2 Å². The summed E-state index contributed by atoms with van der Waals surface area (Å²) >= 11 is 0. The van der Waals surface area contributed by atoms with E-state index in [4.69, 9.17) is 0 Å². The normalized spacial score (nSPS) is 21.4. The van der Waals surface area contributed by atoms with Crippen LogP contribution in [0.4, 0.5) is 0 Å². The van der Waals surface area contributed by atoms with Crippen molar-refractivity contribution in [2.45, 2.75) is 38.0 Å². The molecule has 2 fully saturated rings. The zero-order valence-corrected chi connectivity index (χ0v) is 20.2. The first kappa shape index (κ1) is 23.4. The second-order valence-corrected chi connectivity index (χ2v) is 10.4. The highest BCUT2D eigenvalue weighted by atomic mass is 127. The SMILES string of the molecule is CN=C(NCC1CCN(S(=O)(=O)c2ccccc2)CC1)N1CCC(C)(C)C1.I. The van der Waals surface area contributed by atoms with Crippen LogP contribution in [-0.4, -0.2) is 63.4 Å². The maximum absolute atomic E-state index is 12.7. The van der Waals surface area contributed by atoms with Gasteiger partial charge in [0.25, 0.3) is 0 Å². The van der Waals surface area contributed by atoms with Crippen molar-refractivity contribution in [3.63, 3.8) is 0 Å². The number of hydrogen-bond acceptors (Lipinski definition) is 3. The lowest BCUT2D eigenvalue weighted by atomic mass is 9.93. The van der Waals surface area contributed by atoms with Crippen LogP contribution < -0.4 is 5.32 Å². The van der Waals surface area contributed by atoms with Gasteiger partial charge in [-0.2, -0.15) is 4.31 Å². The van der Waals surface area contributed by atoms with E-state index in [9.17, 15) is 8.42 Å². The standard InChI is InChI=1S/C20H32N4O2S.HI/c1-20(2)11-14-23(16-20)19(21-3)22-15-17-9-12-24(13-10-17)27(25,26)18-7-5-4-6-8-18;/h4-8,17H,9-16H2,1-3H3,(H,21,22);1H. The average Bonchev–Trinajstić information content (AvgIpc) is 3.03. The quantitative estimate of drug-likeness (QED) is 0.377. The fourth-order valence-corrected chi connectivity index (χ4v) is 5.45. The molecule has 0 atom stereocenters. The summed E-state index contributed by atoms with van der Waals surface area (Å²) in [5.74, 6) is 1.44. The Morgan fingerprint density at radius 1 is 1.18 bits per heavy atom. The fraction of sp³-hybridized carbons (Fsp3) is 0.650. The maximum Gasteiger partial charge on any atom is 0.243 e. The van der Waals surface area contributed by atoms with Gasteiger partial charge in [0.15, 0.2) is 5.96 Å². The van der Waals surface area contributed by atoms with E-state index in [0.29, 0.717) is 29.3 Å². The first-order valence-electron chi connectivity index (χ1n) is 9.83. The van der Waals surface area contributed by atoms with Gasteiger partial charge in [-0.1, -0.05) is 32.0 Å². The highest BCUT2D eigenvalue weighted by Crippen LogP contribution is 2.29. The Bertz CT molecular complexity index is 760. The number of aliphatic imine (C=N–C) groups is 1. The molecule has 1 aromatic rings. The van der Waals surface area contributed by atoms with Crippen molar-refractivity contribution in [3.05, 3.63) is 30.3 Å². The molecule has 1 N–H and O–H groups in total. The third kappa shape index (κ3) is 5.60. The Hall–Kier alpha value is -0.870. The molecule has 1 aromatic carbocycles. The average molecular weight is 520 g/mol. The number of nitrogens with one attached hydrogen (secondary N) is 1. The van der Waals surface area contributed by atoms with Crippen LogP contribution >= 0.6 is 24.0 Å². The smallest absolute Gasteiger partial charge is 0.243 e. The Labute approximate surface area is 186 Å². The lowest BCUT2D eigenvalue weighted by Gasteiger charge is -2.32. The van der Waals surface area contributed by atoms with Crippen molar-refractivity contribution in [1.29, 1.82) is 0 Å². The van der Waals surface area contributed by atoms with Crippen molar-refractivity contribution in [3.8, 4) is 0 Å². The highest BCUT2D eigenvalue weighted by Gasteiger charge is 2.32. The van der Waals surface area contributed by atoms with Crippen LogP contribution in [0.25, 0.3) is 0 Å². The minimum absolute atomic E-state index is 0. The molecule has 6 nitrogen and oxygen atoms in total. The Morgan fingerprint density at radius 2 is 1.82 bits per heavy atom. The summed E-state index contributed by atoms with van der Waals surface area (Å²) in [6.07, 6.45) is 2.94. The minimum atomic E-state index is -3.37. The number of likely N-dealkylation sites (tertiary alicyclic amines) is 1. The second-order valence-electron chi connectivity index (χ2n) is 8.42. The molecular weight excluding hydrogens is 487 g/mol. The molecule has 2 aliphatic rings. The van der Waals surface area contributed by atoms with Crippen LogP contribution in [-0.2, 0) is 10.0 Å². The van der Waals surface area contributed by atoms with E-state index in [1.54, 1.807) is 28.6 Å². The molecule has 158 valence electrons. The van der Waals surface area contributed by atoms with Gasteiger partial charge in [-0.05, 0) is 42.7 Å². The van der Waals surface area contributed by atoms with Gasteiger partial charge in [0.2, 0.25) is 10.0 Å². The van der Waals surface area contributed by atoms with E-state index >= 15 is 0 Å². The van der Waals surface area contributed by atoms with Crippen LogP contribution in [0.2, 0.25) is 0 Å². The monoisotopic (exact) mass is 520 g/mol. The molecule has 0 unspecified atom stereocenters.